The van der Waals surface area contributed by atoms with Crippen LogP contribution in [0.5, 0.6) is 0 Å². The van der Waals surface area contributed by atoms with Crippen LogP contribution in [0.1, 0.15) is 31.4 Å². The first-order chi connectivity index (χ1) is 13.2. The van der Waals surface area contributed by atoms with Gasteiger partial charge in [-0.2, -0.15) is 0 Å². The van der Waals surface area contributed by atoms with Crippen molar-refractivity contribution < 1.29 is 14.2 Å². The minimum Gasteiger partial charge on any atom is -0.381 e. The summed E-state index contributed by atoms with van der Waals surface area (Å²) in [5.74, 6) is 1.35. The molecule has 0 amide bonds. The first-order valence-corrected chi connectivity index (χ1v) is 10.1. The summed E-state index contributed by atoms with van der Waals surface area (Å²) in [4.78, 5) is 4.64. The van der Waals surface area contributed by atoms with E-state index in [1.54, 1.807) is 7.11 Å². The molecule has 2 atom stereocenters. The molecule has 1 aromatic carbocycles. The predicted octanol–water partition coefficient (Wildman–Crippen LogP) is 3.03. The summed E-state index contributed by atoms with van der Waals surface area (Å²) in [5.41, 5.74) is 1.02. The Bertz CT molecular complexity index is 565. The summed E-state index contributed by atoms with van der Waals surface area (Å²) in [5, 5.41) is 7.31. The molecule has 0 bridgehead atoms. The van der Waals surface area contributed by atoms with E-state index in [1.165, 1.54) is 0 Å². The molecule has 0 aliphatic carbocycles. The molecule has 6 nitrogen and oxygen atoms in total. The van der Waals surface area contributed by atoms with Crippen LogP contribution >= 0.6 is 11.6 Å². The van der Waals surface area contributed by atoms with Crippen LogP contribution in [-0.2, 0) is 14.2 Å². The summed E-state index contributed by atoms with van der Waals surface area (Å²) in [6.45, 7) is 7.42. The Morgan fingerprint density at radius 1 is 1.41 bits per heavy atom. The number of halogens is 1. The lowest BCUT2D eigenvalue weighted by molar-refractivity contribution is 0.0887. The van der Waals surface area contributed by atoms with Crippen LogP contribution in [0.15, 0.2) is 29.3 Å². The molecule has 1 aromatic rings. The van der Waals surface area contributed by atoms with E-state index in [2.05, 4.69) is 22.5 Å². The van der Waals surface area contributed by atoms with E-state index in [-0.39, 0.29) is 6.10 Å². The second kappa shape index (κ2) is 12.9. The number of nitrogens with one attached hydrogen (secondary N) is 2. The van der Waals surface area contributed by atoms with Gasteiger partial charge in [0, 0.05) is 44.4 Å². The molecule has 0 aromatic heterocycles. The summed E-state index contributed by atoms with van der Waals surface area (Å²) < 4.78 is 16.7. The molecule has 7 heteroatoms. The second-order valence-electron chi connectivity index (χ2n) is 6.58. The Kier molecular flexibility index (Phi) is 10.5. The summed E-state index contributed by atoms with van der Waals surface area (Å²) >= 11 is 6.08. The van der Waals surface area contributed by atoms with Gasteiger partial charge in [0.2, 0.25) is 0 Å². The van der Waals surface area contributed by atoms with Crippen LogP contribution in [0.25, 0.3) is 0 Å². The monoisotopic (exact) mass is 397 g/mol. The average Bonchev–Trinajstić information content (AvgIpc) is 3.18. The fourth-order valence-electron chi connectivity index (χ4n) is 2.88. The Morgan fingerprint density at radius 2 is 2.30 bits per heavy atom. The Balaban J connectivity index is 1.71. The molecule has 27 heavy (non-hydrogen) atoms. The second-order valence-corrected chi connectivity index (χ2v) is 7.02. The van der Waals surface area contributed by atoms with Gasteiger partial charge < -0.3 is 24.8 Å². The molecular formula is C20H32ClN3O3. The van der Waals surface area contributed by atoms with Crippen LogP contribution in [0.2, 0.25) is 5.02 Å². The lowest BCUT2D eigenvalue weighted by atomic mass is 10.1. The van der Waals surface area contributed by atoms with Crippen molar-refractivity contribution in [2.24, 2.45) is 10.9 Å². The van der Waals surface area contributed by atoms with E-state index in [0.717, 1.165) is 63.9 Å². The van der Waals surface area contributed by atoms with Gasteiger partial charge in [0.25, 0.3) is 0 Å². The van der Waals surface area contributed by atoms with E-state index < -0.39 is 0 Å². The number of nitrogens with zero attached hydrogens (tertiary/aromatic N) is 1. The minimum atomic E-state index is -0.129. The van der Waals surface area contributed by atoms with E-state index in [9.17, 15) is 0 Å². The van der Waals surface area contributed by atoms with E-state index in [0.29, 0.717) is 17.5 Å². The van der Waals surface area contributed by atoms with Crippen LogP contribution < -0.4 is 10.6 Å². The van der Waals surface area contributed by atoms with Gasteiger partial charge in [-0.15, -0.1) is 0 Å². The molecule has 0 radical (unpaired) electrons. The predicted molar refractivity (Wildman–Crippen MR) is 110 cm³/mol. The fourth-order valence-corrected chi connectivity index (χ4v) is 3.08. The quantitative estimate of drug-likeness (QED) is 0.341. The average molecular weight is 398 g/mol. The van der Waals surface area contributed by atoms with Gasteiger partial charge in [0.05, 0.1) is 19.8 Å². The highest BCUT2D eigenvalue weighted by Crippen LogP contribution is 2.20. The highest BCUT2D eigenvalue weighted by molar-refractivity contribution is 6.30. The van der Waals surface area contributed by atoms with Gasteiger partial charge >= 0.3 is 0 Å². The zero-order chi connectivity index (χ0) is 19.3. The SMILES string of the molecule is CCNC(=NCC(OC)c1cccc(Cl)c1)NCCCOCC1CCOC1. The van der Waals surface area contributed by atoms with Crippen molar-refractivity contribution >= 4 is 17.6 Å². The fraction of sp³-hybridized carbons (Fsp3) is 0.650. The number of guanidine groups is 1. The summed E-state index contributed by atoms with van der Waals surface area (Å²) in [7, 11) is 1.69. The van der Waals surface area contributed by atoms with E-state index in [1.807, 2.05) is 24.3 Å². The first-order valence-electron chi connectivity index (χ1n) is 9.68. The molecule has 1 heterocycles. The summed E-state index contributed by atoms with van der Waals surface area (Å²) in [6.07, 6.45) is 1.92. The van der Waals surface area contributed by atoms with Gasteiger partial charge in [-0.05, 0) is 37.5 Å². The van der Waals surface area contributed by atoms with Crippen LogP contribution in [0.3, 0.4) is 0 Å². The molecule has 2 rings (SSSR count). The lowest BCUT2D eigenvalue weighted by Crippen LogP contribution is -2.38. The zero-order valence-electron chi connectivity index (χ0n) is 16.4. The third-order valence-corrected chi connectivity index (χ3v) is 4.63. The van der Waals surface area contributed by atoms with Crippen molar-refractivity contribution in [1.82, 2.24) is 10.6 Å². The Hall–Kier alpha value is -1.34. The smallest absolute Gasteiger partial charge is 0.191 e. The Morgan fingerprint density at radius 3 is 3.00 bits per heavy atom. The van der Waals surface area contributed by atoms with Crippen molar-refractivity contribution in [1.29, 1.82) is 0 Å². The maximum Gasteiger partial charge on any atom is 0.191 e. The van der Waals surface area contributed by atoms with Gasteiger partial charge in [-0.3, -0.25) is 4.99 Å². The van der Waals surface area contributed by atoms with Crippen LogP contribution in [0, 0.1) is 5.92 Å². The third-order valence-electron chi connectivity index (χ3n) is 4.40. The molecule has 2 N–H and O–H groups in total. The molecular weight excluding hydrogens is 366 g/mol. The highest BCUT2D eigenvalue weighted by Gasteiger charge is 2.15. The molecule has 1 aliphatic rings. The molecule has 2 unspecified atom stereocenters. The lowest BCUT2D eigenvalue weighted by Gasteiger charge is -2.16. The van der Waals surface area contributed by atoms with Crippen molar-refractivity contribution in [3.8, 4) is 0 Å². The number of methoxy groups -OCH3 is 1. The normalized spacial score (nSPS) is 18.5. The van der Waals surface area contributed by atoms with Gasteiger partial charge in [-0.1, -0.05) is 23.7 Å². The number of rotatable bonds is 11. The molecule has 1 fully saturated rings. The number of hydrogen-bond acceptors (Lipinski definition) is 4. The maximum absolute atomic E-state index is 6.08. The van der Waals surface area contributed by atoms with Crippen molar-refractivity contribution in [2.45, 2.75) is 25.9 Å². The maximum atomic E-state index is 6.08. The van der Waals surface area contributed by atoms with Gasteiger partial charge in [-0.25, -0.2) is 0 Å². The topological polar surface area (TPSA) is 64.1 Å². The van der Waals surface area contributed by atoms with Crippen molar-refractivity contribution in [2.75, 3.05) is 53.2 Å². The zero-order valence-corrected chi connectivity index (χ0v) is 17.1. The highest BCUT2D eigenvalue weighted by atomic mass is 35.5. The molecule has 0 saturated carbocycles. The van der Waals surface area contributed by atoms with Gasteiger partial charge in [0.15, 0.2) is 5.96 Å². The van der Waals surface area contributed by atoms with Crippen molar-refractivity contribution in [3.63, 3.8) is 0 Å². The largest absolute Gasteiger partial charge is 0.381 e. The first kappa shape index (κ1) is 22.0. The molecule has 1 saturated heterocycles. The van der Waals surface area contributed by atoms with Gasteiger partial charge in [0.1, 0.15) is 6.10 Å². The number of hydrogen-bond donors (Lipinski definition) is 2. The van der Waals surface area contributed by atoms with Crippen LogP contribution in [0.4, 0.5) is 0 Å². The number of benzene rings is 1. The van der Waals surface area contributed by atoms with Crippen molar-refractivity contribution in [3.05, 3.63) is 34.9 Å². The Labute approximate surface area is 167 Å². The molecule has 1 aliphatic heterocycles. The number of ether oxygens (including phenoxy) is 3. The molecule has 152 valence electrons. The molecule has 0 spiro atoms. The third kappa shape index (κ3) is 8.47. The van der Waals surface area contributed by atoms with Crippen LogP contribution in [-0.4, -0.2) is 59.1 Å². The minimum absolute atomic E-state index is 0.129. The summed E-state index contributed by atoms with van der Waals surface area (Å²) in [6, 6.07) is 7.70. The van der Waals surface area contributed by atoms with E-state index >= 15 is 0 Å². The van der Waals surface area contributed by atoms with E-state index in [4.69, 9.17) is 25.8 Å². The standard InChI is InChI=1S/C20H32ClN3O3/c1-3-22-20(23-9-5-10-26-14-16-8-11-27-15-16)24-13-19(25-2)17-6-4-7-18(21)12-17/h4,6-7,12,16,19H,3,5,8-11,13-15H2,1-2H3,(H2,22,23,24). The number of aliphatic imine (C=N–C) groups is 1.